The normalized spacial score (nSPS) is 23.4. The Labute approximate surface area is 203 Å². The van der Waals surface area contributed by atoms with Gasteiger partial charge in [0.25, 0.3) is 5.91 Å². The average molecular weight is 480 g/mol. The largest absolute Gasteiger partial charge is 0.412 e. The molecule has 0 aliphatic heterocycles. The van der Waals surface area contributed by atoms with Crippen molar-refractivity contribution in [3.63, 3.8) is 0 Å². The number of imidazole rings is 1. The summed E-state index contributed by atoms with van der Waals surface area (Å²) < 4.78 is 9.17. The van der Waals surface area contributed by atoms with Gasteiger partial charge in [-0.1, -0.05) is 59.2 Å². The molecule has 4 atom stereocenters. The summed E-state index contributed by atoms with van der Waals surface area (Å²) in [6.07, 6.45) is 5.59. The van der Waals surface area contributed by atoms with E-state index in [2.05, 4.69) is 72.5 Å². The second-order valence-electron chi connectivity index (χ2n) is 11.0. The van der Waals surface area contributed by atoms with Crippen molar-refractivity contribution < 1.29 is 9.22 Å². The van der Waals surface area contributed by atoms with Crippen LogP contribution in [-0.4, -0.2) is 39.8 Å². The number of rotatable bonds is 6. The number of nitrogens with one attached hydrogen (secondary N) is 1. The minimum Gasteiger partial charge on any atom is -0.412 e. The smallest absolute Gasteiger partial charge is 0.256 e. The van der Waals surface area contributed by atoms with Gasteiger partial charge in [-0.15, -0.1) is 0 Å². The first kappa shape index (κ1) is 24.5. The fourth-order valence-electron chi connectivity index (χ4n) is 4.75. The molecule has 0 spiro atoms. The Morgan fingerprint density at radius 1 is 1.18 bits per heavy atom. The number of hydrogen-bond acceptors (Lipinski definition) is 5. The predicted octanol–water partition coefficient (Wildman–Crippen LogP) is 6.08. The maximum absolute atomic E-state index is 12.7. The van der Waals surface area contributed by atoms with Gasteiger partial charge in [-0.2, -0.15) is 0 Å². The zero-order valence-electron chi connectivity index (χ0n) is 21.4. The summed E-state index contributed by atoms with van der Waals surface area (Å²) in [5.74, 6) is 1.24. The van der Waals surface area contributed by atoms with E-state index in [1.807, 2.05) is 24.5 Å². The highest BCUT2D eigenvalue weighted by atomic mass is 28.4. The fourth-order valence-corrected chi connectivity index (χ4v) is 6.15. The predicted molar refractivity (Wildman–Crippen MR) is 138 cm³/mol. The molecule has 0 unspecified atom stereocenters. The molecule has 0 bridgehead atoms. The minimum atomic E-state index is -1.97. The first-order valence-corrected chi connectivity index (χ1v) is 15.2. The lowest BCUT2D eigenvalue weighted by molar-refractivity contribution is 0.102. The molecule has 1 N–H and O–H groups in total. The maximum Gasteiger partial charge on any atom is 0.256 e. The monoisotopic (exact) mass is 479 g/mol. The Bertz CT molecular complexity index is 1150. The number of nitrogens with zero attached hydrogens (tertiary/aromatic N) is 4. The minimum absolute atomic E-state index is 0.0977. The van der Waals surface area contributed by atoms with E-state index in [1.165, 1.54) is 6.33 Å². The standard InChI is InChI=1S/C26H37N5O2Si/c1-8-18-14-20(22(17(18)2)33-34(6,7)26(3,4)5)31-16-29-21-23(27-15-28-24(21)31)30-25(32)19-12-10-9-11-13-19/h9-13,15-18,20,22H,8,14H2,1-7H3,(H,27,28,30,32)/t17-,18+,20-,22-/m1/s1. The van der Waals surface area contributed by atoms with Crippen molar-refractivity contribution in [2.75, 3.05) is 5.32 Å². The van der Waals surface area contributed by atoms with Gasteiger partial charge in [0.2, 0.25) is 0 Å². The van der Waals surface area contributed by atoms with E-state index in [-0.39, 0.29) is 23.1 Å². The van der Waals surface area contributed by atoms with Gasteiger partial charge in [-0.25, -0.2) is 15.0 Å². The Kier molecular flexibility index (Phi) is 6.66. The average Bonchev–Trinajstić information content (AvgIpc) is 3.35. The van der Waals surface area contributed by atoms with Crippen molar-refractivity contribution in [3.05, 3.63) is 48.5 Å². The van der Waals surface area contributed by atoms with Crippen LogP contribution in [0.4, 0.5) is 5.82 Å². The van der Waals surface area contributed by atoms with E-state index < -0.39 is 8.32 Å². The van der Waals surface area contributed by atoms with Crippen molar-refractivity contribution in [2.24, 2.45) is 11.8 Å². The van der Waals surface area contributed by atoms with E-state index in [1.54, 1.807) is 12.1 Å². The Hall–Kier alpha value is -2.58. The van der Waals surface area contributed by atoms with Crippen LogP contribution >= 0.6 is 0 Å². The lowest BCUT2D eigenvalue weighted by Crippen LogP contribution is -2.46. The van der Waals surface area contributed by atoms with E-state index in [0.29, 0.717) is 28.7 Å². The number of amides is 1. The van der Waals surface area contributed by atoms with Crippen LogP contribution in [0.15, 0.2) is 43.0 Å². The molecule has 1 amide bonds. The second-order valence-corrected chi connectivity index (χ2v) is 15.8. The third-order valence-corrected chi connectivity index (χ3v) is 12.4. The van der Waals surface area contributed by atoms with Gasteiger partial charge in [0.15, 0.2) is 25.3 Å². The summed E-state index contributed by atoms with van der Waals surface area (Å²) in [6, 6.07) is 9.27. The van der Waals surface area contributed by atoms with Gasteiger partial charge in [-0.3, -0.25) is 4.79 Å². The van der Waals surface area contributed by atoms with Gasteiger partial charge in [0, 0.05) is 5.56 Å². The third-order valence-electron chi connectivity index (χ3n) is 7.93. The number of aromatic nitrogens is 4. The molecular formula is C26H37N5O2Si. The highest BCUT2D eigenvalue weighted by Gasteiger charge is 2.48. The summed E-state index contributed by atoms with van der Waals surface area (Å²) in [6.45, 7) is 16.1. The first-order valence-electron chi connectivity index (χ1n) is 12.2. The molecule has 3 aromatic rings. The molecule has 1 fully saturated rings. The number of carbonyl (C=O) groups is 1. The van der Waals surface area contributed by atoms with Crippen LogP contribution in [-0.2, 0) is 4.43 Å². The van der Waals surface area contributed by atoms with Crippen molar-refractivity contribution in [1.29, 1.82) is 0 Å². The summed E-state index contributed by atoms with van der Waals surface area (Å²) in [7, 11) is -1.97. The molecular weight excluding hydrogens is 442 g/mol. The fraction of sp³-hybridized carbons (Fsp3) is 0.538. The molecule has 1 saturated carbocycles. The van der Waals surface area contributed by atoms with Crippen molar-refractivity contribution in [3.8, 4) is 0 Å². The molecule has 0 radical (unpaired) electrons. The molecule has 4 rings (SSSR count). The van der Waals surface area contributed by atoms with Crippen LogP contribution in [0.25, 0.3) is 11.2 Å². The quantitative estimate of drug-likeness (QED) is 0.434. The molecule has 1 aromatic carbocycles. The van der Waals surface area contributed by atoms with Gasteiger partial charge >= 0.3 is 0 Å². The number of carbonyl (C=O) groups excluding carboxylic acids is 1. The second kappa shape index (κ2) is 9.22. The Balaban J connectivity index is 1.68. The van der Waals surface area contributed by atoms with Crippen molar-refractivity contribution >= 4 is 31.2 Å². The molecule has 182 valence electrons. The molecule has 2 aromatic heterocycles. The van der Waals surface area contributed by atoms with Crippen LogP contribution in [0.3, 0.4) is 0 Å². The van der Waals surface area contributed by atoms with Gasteiger partial charge < -0.3 is 14.3 Å². The molecule has 8 heteroatoms. The zero-order chi connectivity index (χ0) is 24.7. The Morgan fingerprint density at radius 2 is 1.88 bits per heavy atom. The van der Waals surface area contributed by atoms with E-state index >= 15 is 0 Å². The van der Waals surface area contributed by atoms with Gasteiger partial charge in [0.1, 0.15) is 6.33 Å². The molecule has 34 heavy (non-hydrogen) atoms. The van der Waals surface area contributed by atoms with Gasteiger partial charge in [0.05, 0.1) is 18.5 Å². The van der Waals surface area contributed by atoms with Crippen LogP contribution in [0.5, 0.6) is 0 Å². The summed E-state index contributed by atoms with van der Waals surface area (Å²) in [5.41, 5.74) is 1.91. The summed E-state index contributed by atoms with van der Waals surface area (Å²) in [5, 5.41) is 3.05. The van der Waals surface area contributed by atoms with E-state index in [0.717, 1.165) is 18.5 Å². The lowest BCUT2D eigenvalue weighted by Gasteiger charge is -2.41. The lowest BCUT2D eigenvalue weighted by atomic mass is 9.95. The first-order chi connectivity index (χ1) is 16.0. The van der Waals surface area contributed by atoms with Crippen LogP contribution in [0.2, 0.25) is 18.1 Å². The number of anilines is 1. The van der Waals surface area contributed by atoms with Crippen LogP contribution in [0.1, 0.15) is 63.9 Å². The highest BCUT2D eigenvalue weighted by molar-refractivity contribution is 6.74. The summed E-state index contributed by atoms with van der Waals surface area (Å²) >= 11 is 0. The zero-order valence-corrected chi connectivity index (χ0v) is 22.4. The number of hydrogen-bond donors (Lipinski definition) is 1. The van der Waals surface area contributed by atoms with Crippen molar-refractivity contribution in [1.82, 2.24) is 19.5 Å². The topological polar surface area (TPSA) is 81.9 Å². The molecule has 2 heterocycles. The third kappa shape index (κ3) is 4.53. The van der Waals surface area contributed by atoms with Crippen molar-refractivity contribution in [2.45, 2.75) is 77.7 Å². The summed E-state index contributed by atoms with van der Waals surface area (Å²) in [4.78, 5) is 26.3. The van der Waals surface area contributed by atoms with Crippen LogP contribution < -0.4 is 5.32 Å². The van der Waals surface area contributed by atoms with Crippen LogP contribution in [0, 0.1) is 11.8 Å². The number of benzene rings is 1. The maximum atomic E-state index is 12.7. The highest BCUT2D eigenvalue weighted by Crippen LogP contribution is 2.48. The van der Waals surface area contributed by atoms with Gasteiger partial charge in [-0.05, 0) is 48.5 Å². The van der Waals surface area contributed by atoms with E-state index in [9.17, 15) is 4.79 Å². The van der Waals surface area contributed by atoms with E-state index in [4.69, 9.17) is 4.43 Å². The molecule has 0 saturated heterocycles. The number of fused-ring (bicyclic) bond motifs is 1. The molecule has 1 aliphatic rings. The Morgan fingerprint density at radius 3 is 2.53 bits per heavy atom. The SMILES string of the molecule is CC[C@H]1C[C@@H](n2cnc3c(NC(=O)c4ccccc4)ncnc32)[C@H](O[Si](C)(C)C(C)(C)C)[C@@H]1C. The molecule has 7 nitrogen and oxygen atoms in total. The molecule has 1 aliphatic carbocycles.